The average Bonchev–Trinajstić information content (AvgIpc) is 3.44. The molecule has 30 heavy (non-hydrogen) atoms. The Labute approximate surface area is 180 Å². The van der Waals surface area contributed by atoms with Crippen LogP contribution < -0.4 is 14.4 Å². The lowest BCUT2D eigenvalue weighted by Gasteiger charge is -2.34. The van der Waals surface area contributed by atoms with Crippen molar-refractivity contribution < 1.29 is 14.2 Å². The number of likely N-dealkylation sites (tertiary alicyclic amines) is 1. The molecule has 1 atom stereocenters. The third-order valence-electron chi connectivity index (χ3n) is 5.79. The Bertz CT molecular complexity index is 790. The second-order valence-electron chi connectivity index (χ2n) is 8.73. The Morgan fingerprint density at radius 3 is 2.50 bits per heavy atom. The molecule has 2 aromatic rings. The largest absolute Gasteiger partial charge is 0.454 e. The van der Waals surface area contributed by atoms with Crippen LogP contribution in [0.3, 0.4) is 0 Å². The molecule has 2 aliphatic heterocycles. The molecule has 0 amide bonds. The molecule has 4 rings (SSSR count). The lowest BCUT2D eigenvalue weighted by molar-refractivity contribution is 0.0567. The van der Waals surface area contributed by atoms with Crippen LogP contribution in [-0.4, -0.2) is 50.6 Å². The van der Waals surface area contributed by atoms with Gasteiger partial charge in [-0.25, -0.2) is 0 Å². The molecule has 0 aliphatic carbocycles. The number of hydrogen-bond donors (Lipinski definition) is 0. The first-order valence-corrected chi connectivity index (χ1v) is 11.2. The van der Waals surface area contributed by atoms with Crippen molar-refractivity contribution in [3.05, 3.63) is 54.1 Å². The van der Waals surface area contributed by atoms with Gasteiger partial charge in [0, 0.05) is 31.5 Å². The summed E-state index contributed by atoms with van der Waals surface area (Å²) < 4.78 is 17.3. The van der Waals surface area contributed by atoms with Gasteiger partial charge in [0.15, 0.2) is 11.5 Å². The van der Waals surface area contributed by atoms with Crippen LogP contribution in [-0.2, 0) is 11.3 Å². The van der Waals surface area contributed by atoms with Gasteiger partial charge in [-0.3, -0.25) is 4.90 Å². The first kappa shape index (κ1) is 21.0. The summed E-state index contributed by atoms with van der Waals surface area (Å²) in [4.78, 5) is 5.06. The van der Waals surface area contributed by atoms with E-state index in [1.807, 2.05) is 6.07 Å². The fourth-order valence-electron chi connectivity index (χ4n) is 4.22. The Kier molecular flexibility index (Phi) is 7.13. The zero-order valence-corrected chi connectivity index (χ0v) is 18.3. The number of benzene rings is 2. The van der Waals surface area contributed by atoms with Gasteiger partial charge in [0.2, 0.25) is 6.79 Å². The van der Waals surface area contributed by atoms with E-state index in [0.29, 0.717) is 18.8 Å². The van der Waals surface area contributed by atoms with Crippen molar-refractivity contribution >= 4 is 5.69 Å². The third-order valence-corrected chi connectivity index (χ3v) is 5.79. The van der Waals surface area contributed by atoms with Crippen molar-refractivity contribution in [1.29, 1.82) is 0 Å². The molecule has 5 heteroatoms. The van der Waals surface area contributed by atoms with Crippen molar-refractivity contribution in [3.8, 4) is 11.5 Å². The number of hydrogen-bond acceptors (Lipinski definition) is 5. The smallest absolute Gasteiger partial charge is 0.231 e. The number of rotatable bonds is 10. The van der Waals surface area contributed by atoms with Crippen LogP contribution in [0.4, 0.5) is 5.69 Å². The molecule has 1 saturated heterocycles. The van der Waals surface area contributed by atoms with Gasteiger partial charge in [-0.15, -0.1) is 0 Å². The van der Waals surface area contributed by atoms with Gasteiger partial charge in [-0.1, -0.05) is 44.2 Å². The minimum atomic E-state index is 0.302. The predicted octanol–water partition coefficient (Wildman–Crippen LogP) is 4.56. The van der Waals surface area contributed by atoms with Gasteiger partial charge in [0.25, 0.3) is 0 Å². The second-order valence-corrected chi connectivity index (χ2v) is 8.73. The molecule has 2 heterocycles. The van der Waals surface area contributed by atoms with Crippen LogP contribution in [0, 0.1) is 5.92 Å². The van der Waals surface area contributed by atoms with E-state index in [4.69, 9.17) is 14.2 Å². The third kappa shape index (κ3) is 5.46. The van der Waals surface area contributed by atoms with Crippen LogP contribution in [0.2, 0.25) is 0 Å². The van der Waals surface area contributed by atoms with E-state index in [2.05, 4.69) is 66.1 Å². The summed E-state index contributed by atoms with van der Waals surface area (Å²) in [5.41, 5.74) is 2.47. The normalized spacial score (nSPS) is 16.9. The molecule has 5 nitrogen and oxygen atoms in total. The molecule has 2 aliphatic rings. The maximum atomic E-state index is 6.12. The molecule has 162 valence electrons. The maximum absolute atomic E-state index is 6.12. The summed E-state index contributed by atoms with van der Waals surface area (Å²) in [7, 11) is 0. The predicted molar refractivity (Wildman–Crippen MR) is 120 cm³/mol. The monoisotopic (exact) mass is 410 g/mol. The van der Waals surface area contributed by atoms with Crippen LogP contribution in [0.25, 0.3) is 0 Å². The lowest BCUT2D eigenvalue weighted by atomic mass is 10.1. The van der Waals surface area contributed by atoms with Gasteiger partial charge in [-0.2, -0.15) is 0 Å². The number of ether oxygens (including phenoxy) is 3. The fraction of sp³-hybridized carbons (Fsp3) is 0.520. The highest BCUT2D eigenvalue weighted by Crippen LogP contribution is 2.36. The van der Waals surface area contributed by atoms with Crippen LogP contribution in [0.15, 0.2) is 48.5 Å². The first-order valence-electron chi connectivity index (χ1n) is 11.2. The van der Waals surface area contributed by atoms with Crippen LogP contribution in [0.1, 0.15) is 32.3 Å². The zero-order valence-electron chi connectivity index (χ0n) is 18.3. The molecule has 0 N–H and O–H groups in total. The van der Waals surface area contributed by atoms with E-state index < -0.39 is 0 Å². The molecule has 0 saturated carbocycles. The second kappa shape index (κ2) is 10.2. The minimum Gasteiger partial charge on any atom is -0.454 e. The van der Waals surface area contributed by atoms with E-state index in [0.717, 1.165) is 56.6 Å². The standard InChI is InChI=1S/C25H34N2O3/c1-20(2)17-28-18-23(26-12-6-7-13-26)16-27(15-21-8-4-3-5-9-21)22-10-11-24-25(14-22)30-19-29-24/h3-5,8-11,14,20,23H,6-7,12-13,15-19H2,1-2H3. The van der Waals surface area contributed by atoms with E-state index >= 15 is 0 Å². The Morgan fingerprint density at radius 2 is 1.73 bits per heavy atom. The summed E-state index contributed by atoms with van der Waals surface area (Å²) in [5, 5.41) is 0. The molecule has 0 aromatic heterocycles. The summed E-state index contributed by atoms with van der Waals surface area (Å²) in [6, 6.07) is 17.3. The van der Waals surface area contributed by atoms with Crippen LogP contribution in [0.5, 0.6) is 11.5 Å². The highest BCUT2D eigenvalue weighted by molar-refractivity contribution is 5.57. The molecule has 0 bridgehead atoms. The molecular weight excluding hydrogens is 376 g/mol. The van der Waals surface area contributed by atoms with Gasteiger partial charge >= 0.3 is 0 Å². The minimum absolute atomic E-state index is 0.302. The number of fused-ring (bicyclic) bond motifs is 1. The number of anilines is 1. The van der Waals surface area contributed by atoms with Crippen molar-refractivity contribution in [2.75, 3.05) is 44.5 Å². The van der Waals surface area contributed by atoms with Crippen LogP contribution >= 0.6 is 0 Å². The van der Waals surface area contributed by atoms with E-state index in [1.54, 1.807) is 0 Å². The Balaban J connectivity index is 1.54. The van der Waals surface area contributed by atoms with Gasteiger partial charge in [-0.05, 0) is 49.5 Å². The molecule has 2 aromatic carbocycles. The van der Waals surface area contributed by atoms with E-state index in [9.17, 15) is 0 Å². The number of nitrogens with zero attached hydrogens (tertiary/aromatic N) is 2. The molecule has 0 radical (unpaired) electrons. The molecular formula is C25H34N2O3. The lowest BCUT2D eigenvalue weighted by Crippen LogP contribution is -2.45. The summed E-state index contributed by atoms with van der Waals surface area (Å²) in [6.45, 7) is 10.4. The van der Waals surface area contributed by atoms with Crippen molar-refractivity contribution in [2.45, 2.75) is 39.3 Å². The van der Waals surface area contributed by atoms with Gasteiger partial charge in [0.1, 0.15) is 0 Å². The average molecular weight is 411 g/mol. The maximum Gasteiger partial charge on any atom is 0.231 e. The van der Waals surface area contributed by atoms with Gasteiger partial charge < -0.3 is 19.1 Å². The molecule has 1 unspecified atom stereocenters. The summed E-state index contributed by atoms with van der Waals surface area (Å²) in [5.74, 6) is 2.22. The molecule has 1 fully saturated rings. The van der Waals surface area contributed by atoms with E-state index in [-0.39, 0.29) is 0 Å². The van der Waals surface area contributed by atoms with E-state index in [1.165, 1.54) is 18.4 Å². The Hall–Kier alpha value is -2.24. The quantitative estimate of drug-likeness (QED) is 0.574. The van der Waals surface area contributed by atoms with Crippen molar-refractivity contribution in [2.24, 2.45) is 5.92 Å². The SMILES string of the molecule is CC(C)COCC(CN(Cc1ccccc1)c1ccc2c(c1)OCO2)N1CCCC1. The van der Waals surface area contributed by atoms with Crippen molar-refractivity contribution in [3.63, 3.8) is 0 Å². The van der Waals surface area contributed by atoms with Gasteiger partial charge in [0.05, 0.1) is 12.6 Å². The Morgan fingerprint density at radius 1 is 0.967 bits per heavy atom. The topological polar surface area (TPSA) is 34.2 Å². The first-order chi connectivity index (χ1) is 14.7. The van der Waals surface area contributed by atoms with Crippen molar-refractivity contribution in [1.82, 2.24) is 4.90 Å². The zero-order chi connectivity index (χ0) is 20.8. The molecule has 0 spiro atoms. The highest BCUT2D eigenvalue weighted by atomic mass is 16.7. The highest BCUT2D eigenvalue weighted by Gasteiger charge is 2.26. The summed E-state index contributed by atoms with van der Waals surface area (Å²) in [6.07, 6.45) is 2.56. The fourth-order valence-corrected chi connectivity index (χ4v) is 4.22. The summed E-state index contributed by atoms with van der Waals surface area (Å²) >= 11 is 0.